The Morgan fingerprint density at radius 1 is 1.11 bits per heavy atom. The Hall–Kier alpha value is -0.920. The fourth-order valence-electron chi connectivity index (χ4n) is 1.70. The van der Waals surface area contributed by atoms with Gasteiger partial charge in [-0.25, -0.2) is 0 Å². The second-order valence-corrected chi connectivity index (χ2v) is 5.80. The Morgan fingerprint density at radius 3 is 2.22 bits per heavy atom. The molecule has 0 heterocycles. The van der Waals surface area contributed by atoms with E-state index < -0.39 is 0 Å². The summed E-state index contributed by atoms with van der Waals surface area (Å²) in [4.78, 5) is 0. The maximum atomic E-state index is 4.17. The van der Waals surface area contributed by atoms with Gasteiger partial charge in [0.05, 0.1) is 0 Å². The van der Waals surface area contributed by atoms with Crippen molar-refractivity contribution in [3.8, 4) is 0 Å². The molecule has 0 aliphatic heterocycles. The maximum absolute atomic E-state index is 4.17. The molecular weight excluding hydrogens is 220 g/mol. The van der Waals surface area contributed by atoms with E-state index in [1.807, 2.05) is 0 Å². The van der Waals surface area contributed by atoms with Crippen LogP contribution in [0.5, 0.6) is 0 Å². The van der Waals surface area contributed by atoms with Crippen LogP contribution < -0.4 is 10.6 Å². The van der Waals surface area contributed by atoms with Crippen molar-refractivity contribution in [2.45, 2.75) is 53.9 Å². The minimum absolute atomic E-state index is 0.307. The predicted octanol–water partition coefficient (Wildman–Crippen LogP) is 4.07. The molecule has 0 rings (SSSR count). The van der Waals surface area contributed by atoms with Crippen molar-refractivity contribution in [1.82, 2.24) is 10.6 Å². The quantitative estimate of drug-likeness (QED) is 0.612. The Morgan fingerprint density at radius 2 is 1.72 bits per heavy atom. The van der Waals surface area contributed by atoms with Gasteiger partial charge in [0.15, 0.2) is 0 Å². The van der Waals surface area contributed by atoms with Gasteiger partial charge in [-0.3, -0.25) is 0 Å². The van der Waals surface area contributed by atoms with E-state index >= 15 is 0 Å². The summed E-state index contributed by atoms with van der Waals surface area (Å²) in [6.07, 6.45) is 3.26. The van der Waals surface area contributed by atoms with Crippen molar-refractivity contribution < 1.29 is 0 Å². The summed E-state index contributed by atoms with van der Waals surface area (Å²) < 4.78 is 0. The van der Waals surface area contributed by atoms with E-state index in [1.54, 1.807) is 0 Å². The van der Waals surface area contributed by atoms with E-state index in [2.05, 4.69) is 58.4 Å². The molecule has 0 aromatic rings. The summed E-state index contributed by atoms with van der Waals surface area (Å²) in [6, 6.07) is 0. The zero-order chi connectivity index (χ0) is 14.2. The monoisotopic (exact) mass is 252 g/mol. The summed E-state index contributed by atoms with van der Waals surface area (Å²) in [6.45, 7) is 21.4. The Bertz CT molecular complexity index is 266. The molecule has 1 atom stereocenters. The molecule has 0 aromatic heterocycles. The van der Waals surface area contributed by atoms with Gasteiger partial charge in [-0.2, -0.15) is 0 Å². The second kappa shape index (κ2) is 8.23. The lowest BCUT2D eigenvalue weighted by molar-refractivity contribution is 0.246. The molecule has 106 valence electrons. The summed E-state index contributed by atoms with van der Waals surface area (Å²) in [5.74, 6) is 0.486. The highest BCUT2D eigenvalue weighted by molar-refractivity contribution is 5.03. The van der Waals surface area contributed by atoms with Gasteiger partial charge in [-0.05, 0) is 11.8 Å². The number of rotatable bonds is 10. The van der Waals surface area contributed by atoms with Crippen LogP contribution in [-0.2, 0) is 0 Å². The lowest BCUT2D eigenvalue weighted by Gasteiger charge is -2.32. The lowest BCUT2D eigenvalue weighted by Crippen LogP contribution is -2.30. The third kappa shape index (κ3) is 6.13. The smallest absolute Gasteiger partial charge is 0.0198 e. The first-order chi connectivity index (χ1) is 8.35. The summed E-state index contributed by atoms with van der Waals surface area (Å²) >= 11 is 0. The van der Waals surface area contributed by atoms with Crippen LogP contribution in [0.25, 0.3) is 0 Å². The summed E-state index contributed by atoms with van der Waals surface area (Å²) in [5, 5.41) is 6.75. The molecule has 2 N–H and O–H groups in total. The van der Waals surface area contributed by atoms with Crippen LogP contribution in [0.2, 0.25) is 0 Å². The minimum Gasteiger partial charge on any atom is -0.389 e. The molecule has 0 fully saturated rings. The van der Waals surface area contributed by atoms with E-state index in [1.165, 1.54) is 6.42 Å². The van der Waals surface area contributed by atoms with E-state index in [9.17, 15) is 0 Å². The van der Waals surface area contributed by atoms with Crippen LogP contribution >= 0.6 is 0 Å². The molecule has 2 nitrogen and oxygen atoms in total. The SMILES string of the molecule is C=C(CCNC(=C)[C@H](C)C(C)(C)CC)NCCC. The molecule has 0 bridgehead atoms. The Labute approximate surface area is 114 Å². The van der Waals surface area contributed by atoms with Gasteiger partial charge >= 0.3 is 0 Å². The van der Waals surface area contributed by atoms with Crippen molar-refractivity contribution in [3.05, 3.63) is 24.6 Å². The fraction of sp³-hybridized carbons (Fsp3) is 0.750. The third-order valence-electron chi connectivity index (χ3n) is 4.01. The van der Waals surface area contributed by atoms with E-state index in [-0.39, 0.29) is 0 Å². The fourth-order valence-corrected chi connectivity index (χ4v) is 1.70. The molecule has 0 radical (unpaired) electrons. The number of hydrogen-bond donors (Lipinski definition) is 2. The average Bonchev–Trinajstić information content (AvgIpc) is 2.35. The topological polar surface area (TPSA) is 24.1 Å². The van der Waals surface area contributed by atoms with Crippen molar-refractivity contribution in [1.29, 1.82) is 0 Å². The van der Waals surface area contributed by atoms with Crippen molar-refractivity contribution in [2.24, 2.45) is 11.3 Å². The minimum atomic E-state index is 0.307. The van der Waals surface area contributed by atoms with Crippen LogP contribution in [0.4, 0.5) is 0 Å². The van der Waals surface area contributed by atoms with Gasteiger partial charge in [-0.15, -0.1) is 0 Å². The highest BCUT2D eigenvalue weighted by atomic mass is 14.9. The van der Waals surface area contributed by atoms with Crippen LogP contribution in [0.15, 0.2) is 24.6 Å². The Balaban J connectivity index is 3.94. The van der Waals surface area contributed by atoms with E-state index in [4.69, 9.17) is 0 Å². The maximum Gasteiger partial charge on any atom is 0.0198 e. The molecule has 0 saturated carbocycles. The third-order valence-corrected chi connectivity index (χ3v) is 4.01. The van der Waals surface area contributed by atoms with Crippen LogP contribution in [0.3, 0.4) is 0 Å². The average molecular weight is 252 g/mol. The summed E-state index contributed by atoms with van der Waals surface area (Å²) in [7, 11) is 0. The highest BCUT2D eigenvalue weighted by Gasteiger charge is 2.25. The largest absolute Gasteiger partial charge is 0.389 e. The first-order valence-corrected chi connectivity index (χ1v) is 7.19. The van der Waals surface area contributed by atoms with E-state index in [0.29, 0.717) is 11.3 Å². The van der Waals surface area contributed by atoms with Crippen molar-refractivity contribution in [3.63, 3.8) is 0 Å². The van der Waals surface area contributed by atoms with E-state index in [0.717, 1.165) is 37.3 Å². The standard InChI is InChI=1S/C16H32N2/c1-8-11-17-13(3)10-12-18-15(5)14(4)16(6,7)9-2/h14,17-18H,3,5,8-12H2,1-2,4,6-7H3/t14-/m0/s1. The molecule has 0 saturated heterocycles. The van der Waals surface area contributed by atoms with Crippen molar-refractivity contribution in [2.75, 3.05) is 13.1 Å². The molecule has 0 unspecified atom stereocenters. The first kappa shape index (κ1) is 17.1. The Kier molecular flexibility index (Phi) is 7.81. The predicted molar refractivity (Wildman–Crippen MR) is 82.4 cm³/mol. The van der Waals surface area contributed by atoms with Gasteiger partial charge in [0.1, 0.15) is 0 Å². The number of hydrogen-bond acceptors (Lipinski definition) is 2. The number of nitrogens with one attached hydrogen (secondary N) is 2. The molecule has 2 heteroatoms. The zero-order valence-electron chi connectivity index (χ0n) is 13.0. The van der Waals surface area contributed by atoms with Gasteiger partial charge in [-0.1, -0.05) is 54.2 Å². The van der Waals surface area contributed by atoms with Crippen molar-refractivity contribution >= 4 is 0 Å². The van der Waals surface area contributed by atoms with Gasteiger partial charge in [0, 0.05) is 36.8 Å². The molecule has 0 aliphatic rings. The number of allylic oxidation sites excluding steroid dienone is 1. The molecule has 18 heavy (non-hydrogen) atoms. The zero-order valence-corrected chi connectivity index (χ0v) is 13.0. The van der Waals surface area contributed by atoms with Crippen LogP contribution in [0, 0.1) is 11.3 Å². The first-order valence-electron chi connectivity index (χ1n) is 7.19. The second-order valence-electron chi connectivity index (χ2n) is 5.80. The van der Waals surface area contributed by atoms with Crippen LogP contribution in [0.1, 0.15) is 53.9 Å². The van der Waals surface area contributed by atoms with Crippen LogP contribution in [-0.4, -0.2) is 13.1 Å². The molecule has 0 amide bonds. The normalized spacial score (nSPS) is 12.9. The molecule has 0 aromatic carbocycles. The van der Waals surface area contributed by atoms with Gasteiger partial charge in [0.25, 0.3) is 0 Å². The summed E-state index contributed by atoms with van der Waals surface area (Å²) in [5.41, 5.74) is 2.56. The lowest BCUT2D eigenvalue weighted by atomic mass is 9.76. The van der Waals surface area contributed by atoms with Gasteiger partial charge in [0.2, 0.25) is 0 Å². The molecule has 0 aliphatic carbocycles. The van der Waals surface area contributed by atoms with Gasteiger partial charge < -0.3 is 10.6 Å². The highest BCUT2D eigenvalue weighted by Crippen LogP contribution is 2.33. The molecular formula is C16H32N2. The molecule has 0 spiro atoms.